The summed E-state index contributed by atoms with van der Waals surface area (Å²) < 4.78 is 5.68. The predicted octanol–water partition coefficient (Wildman–Crippen LogP) is 3.35. The summed E-state index contributed by atoms with van der Waals surface area (Å²) in [6.45, 7) is 3.08. The molecule has 1 saturated carbocycles. The molecule has 1 aromatic carbocycles. The molecule has 1 heterocycles. The lowest BCUT2D eigenvalue weighted by molar-refractivity contribution is -0.127. The first-order valence-electron chi connectivity index (χ1n) is 10.1. The van der Waals surface area contributed by atoms with Crippen LogP contribution in [0.5, 0.6) is 5.75 Å². The molecule has 1 aliphatic heterocycles. The van der Waals surface area contributed by atoms with Crippen molar-refractivity contribution in [1.29, 1.82) is 0 Å². The molecule has 1 aromatic rings. The van der Waals surface area contributed by atoms with Gasteiger partial charge in [-0.1, -0.05) is 31.4 Å². The number of nitrogens with zero attached hydrogens (tertiary/aromatic N) is 1. The number of hydrogen-bond acceptors (Lipinski definition) is 4. The van der Waals surface area contributed by atoms with Crippen molar-refractivity contribution in [3.8, 4) is 5.75 Å². The van der Waals surface area contributed by atoms with E-state index < -0.39 is 5.97 Å². The maximum absolute atomic E-state index is 12.4. The Kier molecular flexibility index (Phi) is 9.06. The number of hydrogen-bond donors (Lipinski definition) is 2. The summed E-state index contributed by atoms with van der Waals surface area (Å²) in [4.78, 5) is 25.9. The first kappa shape index (κ1) is 22.5. The Morgan fingerprint density at radius 1 is 1.07 bits per heavy atom. The minimum Gasteiger partial charge on any atom is -0.491 e. The molecule has 156 valence electrons. The molecule has 2 aliphatic rings. The van der Waals surface area contributed by atoms with Crippen molar-refractivity contribution < 1.29 is 19.4 Å². The molecule has 6 nitrogen and oxygen atoms in total. The smallest absolute Gasteiger partial charge is 0.339 e. The number of carboxylic acids is 1. The standard InChI is InChI=1S/C21H30N2O4.ClH/c24-20(16-6-2-1-3-7-16)22-17-10-12-23(13-11-17)14-15-27-19-9-5-4-8-18(19)21(25)26;/h4-5,8-9,16-17H,1-3,6-7,10-15H2,(H,22,24)(H,25,26);1H. The Balaban J connectivity index is 0.00000280. The highest BCUT2D eigenvalue weighted by Gasteiger charge is 2.25. The van der Waals surface area contributed by atoms with Crippen molar-refractivity contribution in [2.24, 2.45) is 5.92 Å². The van der Waals surface area contributed by atoms with Gasteiger partial charge in [0.1, 0.15) is 17.9 Å². The van der Waals surface area contributed by atoms with Crippen LogP contribution in [0.15, 0.2) is 24.3 Å². The Labute approximate surface area is 173 Å². The normalized spacial score (nSPS) is 18.9. The van der Waals surface area contributed by atoms with Crippen molar-refractivity contribution in [2.75, 3.05) is 26.2 Å². The number of piperidine rings is 1. The van der Waals surface area contributed by atoms with Gasteiger partial charge in [-0.2, -0.15) is 0 Å². The first-order chi connectivity index (χ1) is 13.1. The van der Waals surface area contributed by atoms with E-state index in [1.165, 1.54) is 19.3 Å². The number of para-hydroxylation sites is 1. The van der Waals surface area contributed by atoms with Crippen LogP contribution in [0.1, 0.15) is 55.3 Å². The van der Waals surface area contributed by atoms with Crippen LogP contribution in [-0.2, 0) is 4.79 Å². The molecule has 2 N–H and O–H groups in total. The average molecular weight is 411 g/mol. The highest BCUT2D eigenvalue weighted by Crippen LogP contribution is 2.24. The Morgan fingerprint density at radius 3 is 2.43 bits per heavy atom. The van der Waals surface area contributed by atoms with Crippen LogP contribution in [0.25, 0.3) is 0 Å². The summed E-state index contributed by atoms with van der Waals surface area (Å²) in [5, 5.41) is 12.4. The summed E-state index contributed by atoms with van der Waals surface area (Å²) in [6, 6.07) is 7.00. The molecule has 0 bridgehead atoms. The minimum atomic E-state index is -0.972. The average Bonchev–Trinajstić information content (AvgIpc) is 2.70. The van der Waals surface area contributed by atoms with Crippen molar-refractivity contribution in [3.05, 3.63) is 29.8 Å². The highest BCUT2D eigenvalue weighted by atomic mass is 35.5. The van der Waals surface area contributed by atoms with Gasteiger partial charge in [-0.3, -0.25) is 9.69 Å². The quantitative estimate of drug-likeness (QED) is 0.720. The van der Waals surface area contributed by atoms with Crippen LogP contribution in [0.3, 0.4) is 0 Å². The molecule has 2 fully saturated rings. The van der Waals surface area contributed by atoms with Gasteiger partial charge in [0, 0.05) is 31.6 Å². The van der Waals surface area contributed by atoms with Gasteiger partial charge in [0.15, 0.2) is 0 Å². The van der Waals surface area contributed by atoms with Crippen LogP contribution < -0.4 is 10.1 Å². The van der Waals surface area contributed by atoms with Gasteiger partial charge in [-0.25, -0.2) is 4.79 Å². The molecule has 0 spiro atoms. The molecule has 0 atom stereocenters. The number of carboxylic acid groups (broad SMARTS) is 1. The third-order valence-corrected chi connectivity index (χ3v) is 5.69. The molecule has 7 heteroatoms. The molecule has 0 unspecified atom stereocenters. The van der Waals surface area contributed by atoms with Gasteiger partial charge in [0.25, 0.3) is 0 Å². The number of likely N-dealkylation sites (tertiary alicyclic amines) is 1. The van der Waals surface area contributed by atoms with Gasteiger partial charge in [0.05, 0.1) is 0 Å². The molecule has 1 aliphatic carbocycles. The summed E-state index contributed by atoms with van der Waals surface area (Å²) in [5.74, 6) is -0.0824. The number of carbonyl (C=O) groups is 2. The third kappa shape index (κ3) is 6.38. The van der Waals surface area contributed by atoms with E-state index in [0.717, 1.165) is 45.3 Å². The lowest BCUT2D eigenvalue weighted by Crippen LogP contribution is -2.47. The predicted molar refractivity (Wildman–Crippen MR) is 110 cm³/mol. The molecule has 0 radical (unpaired) electrons. The largest absolute Gasteiger partial charge is 0.491 e. The van der Waals surface area contributed by atoms with Crippen LogP contribution in [0.2, 0.25) is 0 Å². The SMILES string of the molecule is Cl.O=C(O)c1ccccc1OCCN1CCC(NC(=O)C2CCCCC2)CC1. The molecule has 0 aromatic heterocycles. The zero-order valence-corrected chi connectivity index (χ0v) is 17.1. The lowest BCUT2D eigenvalue weighted by Gasteiger charge is -2.33. The number of nitrogens with one attached hydrogen (secondary N) is 1. The van der Waals surface area contributed by atoms with Crippen molar-refractivity contribution in [1.82, 2.24) is 10.2 Å². The van der Waals surface area contributed by atoms with Gasteiger partial charge in [-0.15, -0.1) is 12.4 Å². The molecule has 1 amide bonds. The molecular weight excluding hydrogens is 380 g/mol. The zero-order chi connectivity index (χ0) is 19.1. The monoisotopic (exact) mass is 410 g/mol. The molecular formula is C21H31ClN2O4. The number of benzene rings is 1. The summed E-state index contributed by atoms with van der Waals surface area (Å²) in [5.41, 5.74) is 0.196. The van der Waals surface area contributed by atoms with Crippen molar-refractivity contribution >= 4 is 24.3 Å². The van der Waals surface area contributed by atoms with E-state index in [0.29, 0.717) is 12.4 Å². The van der Waals surface area contributed by atoms with Crippen LogP contribution >= 0.6 is 12.4 Å². The van der Waals surface area contributed by atoms with Crippen LogP contribution in [0, 0.1) is 5.92 Å². The molecule has 1 saturated heterocycles. The Morgan fingerprint density at radius 2 is 1.75 bits per heavy atom. The third-order valence-electron chi connectivity index (χ3n) is 5.69. The minimum absolute atomic E-state index is 0. The Hall–Kier alpha value is -1.79. The fourth-order valence-corrected chi connectivity index (χ4v) is 4.04. The zero-order valence-electron chi connectivity index (χ0n) is 16.3. The highest BCUT2D eigenvalue weighted by molar-refractivity contribution is 5.90. The number of carbonyl (C=O) groups excluding carboxylic acids is 1. The fraction of sp³-hybridized carbons (Fsp3) is 0.619. The second-order valence-electron chi connectivity index (χ2n) is 7.61. The molecule has 3 rings (SSSR count). The number of halogens is 1. The van der Waals surface area contributed by atoms with Gasteiger partial charge < -0.3 is 15.2 Å². The summed E-state index contributed by atoms with van der Waals surface area (Å²) in [7, 11) is 0. The van der Waals surface area contributed by atoms with E-state index >= 15 is 0 Å². The number of amides is 1. The van der Waals surface area contributed by atoms with E-state index in [9.17, 15) is 14.7 Å². The van der Waals surface area contributed by atoms with Crippen LogP contribution in [-0.4, -0.2) is 54.2 Å². The first-order valence-corrected chi connectivity index (χ1v) is 10.1. The maximum atomic E-state index is 12.4. The fourth-order valence-electron chi connectivity index (χ4n) is 4.04. The van der Waals surface area contributed by atoms with E-state index in [-0.39, 0.29) is 35.8 Å². The van der Waals surface area contributed by atoms with Gasteiger partial charge in [-0.05, 0) is 37.8 Å². The van der Waals surface area contributed by atoms with Gasteiger partial charge >= 0.3 is 5.97 Å². The van der Waals surface area contributed by atoms with E-state index in [1.807, 2.05) is 0 Å². The lowest BCUT2D eigenvalue weighted by atomic mass is 9.88. The molecule has 28 heavy (non-hydrogen) atoms. The van der Waals surface area contributed by atoms with Crippen molar-refractivity contribution in [3.63, 3.8) is 0 Å². The van der Waals surface area contributed by atoms with Crippen molar-refractivity contribution in [2.45, 2.75) is 51.0 Å². The number of rotatable bonds is 7. The second-order valence-corrected chi connectivity index (χ2v) is 7.61. The van der Waals surface area contributed by atoms with Gasteiger partial charge in [0.2, 0.25) is 5.91 Å². The van der Waals surface area contributed by atoms with Crippen LogP contribution in [0.4, 0.5) is 0 Å². The number of aromatic carboxylic acids is 1. The Bertz CT molecular complexity index is 641. The summed E-state index contributed by atoms with van der Waals surface area (Å²) >= 11 is 0. The maximum Gasteiger partial charge on any atom is 0.339 e. The summed E-state index contributed by atoms with van der Waals surface area (Å²) in [6.07, 6.45) is 7.64. The van der Waals surface area contributed by atoms with E-state index in [2.05, 4.69) is 10.2 Å². The van der Waals surface area contributed by atoms with E-state index in [4.69, 9.17) is 4.74 Å². The number of ether oxygens (including phenoxy) is 1. The second kappa shape index (κ2) is 11.3. The topological polar surface area (TPSA) is 78.9 Å². The van der Waals surface area contributed by atoms with E-state index in [1.54, 1.807) is 24.3 Å².